The van der Waals surface area contributed by atoms with E-state index in [1.165, 1.54) is 12.1 Å². The topological polar surface area (TPSA) is 109 Å². The van der Waals surface area contributed by atoms with Gasteiger partial charge in [0.05, 0.1) is 12.7 Å². The van der Waals surface area contributed by atoms with Crippen molar-refractivity contribution in [2.24, 2.45) is 0 Å². The van der Waals surface area contributed by atoms with Gasteiger partial charge in [0.25, 0.3) is 15.9 Å². The lowest BCUT2D eigenvalue weighted by atomic mass is 10.1. The number of anilines is 1. The SMILES string of the molecule is CCC1Oc2ccc(NS(=O)(=O)c3ccccc3C#N)cc2CN(Cc2cccc(OC)c2)C1=O. The number of nitrogens with one attached hydrogen (secondary N) is 1. The van der Waals surface area contributed by atoms with Gasteiger partial charge < -0.3 is 14.4 Å². The van der Waals surface area contributed by atoms with Gasteiger partial charge in [-0.1, -0.05) is 31.2 Å². The molecule has 3 aromatic carbocycles. The molecule has 180 valence electrons. The molecule has 9 heteroatoms. The number of hydrogen-bond donors (Lipinski definition) is 1. The Kier molecular flexibility index (Phi) is 6.94. The van der Waals surface area contributed by atoms with Gasteiger partial charge in [0.2, 0.25) is 0 Å². The molecule has 1 N–H and O–H groups in total. The molecule has 1 aliphatic heterocycles. The zero-order chi connectivity index (χ0) is 25.0. The van der Waals surface area contributed by atoms with Crippen molar-refractivity contribution in [1.82, 2.24) is 4.90 Å². The molecule has 0 spiro atoms. The van der Waals surface area contributed by atoms with E-state index in [2.05, 4.69) is 4.72 Å². The predicted molar refractivity (Wildman–Crippen MR) is 130 cm³/mol. The van der Waals surface area contributed by atoms with Crippen LogP contribution in [-0.4, -0.2) is 32.4 Å². The molecule has 1 amide bonds. The number of rotatable bonds is 7. The van der Waals surface area contributed by atoms with Crippen LogP contribution in [0.25, 0.3) is 0 Å². The van der Waals surface area contributed by atoms with Crippen molar-refractivity contribution in [3.8, 4) is 17.6 Å². The van der Waals surface area contributed by atoms with E-state index < -0.39 is 16.1 Å². The minimum atomic E-state index is -4.00. The summed E-state index contributed by atoms with van der Waals surface area (Å²) in [6.07, 6.45) is -0.154. The molecule has 0 bridgehead atoms. The first-order valence-corrected chi connectivity index (χ1v) is 12.6. The van der Waals surface area contributed by atoms with Crippen molar-refractivity contribution in [3.05, 3.63) is 83.4 Å². The Morgan fingerprint density at radius 3 is 2.69 bits per heavy atom. The average molecular weight is 492 g/mol. The zero-order valence-electron chi connectivity index (χ0n) is 19.4. The number of sulfonamides is 1. The smallest absolute Gasteiger partial charge is 0.264 e. The third-order valence-corrected chi connectivity index (χ3v) is 7.15. The molecule has 1 aliphatic rings. The molecule has 8 nitrogen and oxygen atoms in total. The summed E-state index contributed by atoms with van der Waals surface area (Å²) in [6.45, 7) is 2.47. The average Bonchev–Trinajstić information content (AvgIpc) is 2.99. The first-order chi connectivity index (χ1) is 16.8. The van der Waals surface area contributed by atoms with E-state index in [1.807, 2.05) is 37.3 Å². The minimum absolute atomic E-state index is 0.0546. The number of hydrogen-bond acceptors (Lipinski definition) is 6. The Balaban J connectivity index is 1.64. The Hall–Kier alpha value is -4.03. The number of carbonyl (C=O) groups excluding carboxylic acids is 1. The predicted octanol–water partition coefficient (Wildman–Crippen LogP) is 4.07. The van der Waals surface area contributed by atoms with Gasteiger partial charge in [-0.05, 0) is 54.4 Å². The van der Waals surface area contributed by atoms with Gasteiger partial charge in [-0.15, -0.1) is 0 Å². The van der Waals surface area contributed by atoms with Crippen LogP contribution in [0.2, 0.25) is 0 Å². The molecule has 0 fully saturated rings. The second-order valence-corrected chi connectivity index (χ2v) is 9.75. The molecule has 0 radical (unpaired) electrons. The highest BCUT2D eigenvalue weighted by Gasteiger charge is 2.30. The molecule has 0 saturated heterocycles. The highest BCUT2D eigenvalue weighted by atomic mass is 32.2. The molecule has 0 saturated carbocycles. The van der Waals surface area contributed by atoms with Crippen molar-refractivity contribution in [2.75, 3.05) is 11.8 Å². The fourth-order valence-corrected chi connectivity index (χ4v) is 5.17. The van der Waals surface area contributed by atoms with E-state index in [0.717, 1.165) is 5.56 Å². The Bertz CT molecular complexity index is 1400. The second-order valence-electron chi connectivity index (χ2n) is 8.10. The molecule has 4 rings (SSSR count). The lowest BCUT2D eigenvalue weighted by Crippen LogP contribution is -2.38. The maximum atomic E-state index is 13.2. The van der Waals surface area contributed by atoms with Gasteiger partial charge in [-0.3, -0.25) is 9.52 Å². The monoisotopic (exact) mass is 491 g/mol. The Labute approximate surface area is 204 Å². The lowest BCUT2D eigenvalue weighted by molar-refractivity contribution is -0.139. The van der Waals surface area contributed by atoms with Gasteiger partial charge in [0.1, 0.15) is 22.5 Å². The third-order valence-electron chi connectivity index (χ3n) is 5.71. The maximum absolute atomic E-state index is 13.2. The maximum Gasteiger partial charge on any atom is 0.264 e. The molecule has 1 unspecified atom stereocenters. The number of fused-ring (bicyclic) bond motifs is 1. The van der Waals surface area contributed by atoms with Crippen LogP contribution in [0, 0.1) is 11.3 Å². The molecular weight excluding hydrogens is 466 g/mol. The van der Waals surface area contributed by atoms with Gasteiger partial charge in [0.15, 0.2) is 6.10 Å². The van der Waals surface area contributed by atoms with Crippen molar-refractivity contribution in [3.63, 3.8) is 0 Å². The number of benzene rings is 3. The number of methoxy groups -OCH3 is 1. The van der Waals surface area contributed by atoms with Gasteiger partial charge in [0, 0.05) is 24.3 Å². The van der Waals surface area contributed by atoms with Crippen LogP contribution in [0.3, 0.4) is 0 Å². The van der Waals surface area contributed by atoms with Gasteiger partial charge in [-0.2, -0.15) is 5.26 Å². The lowest BCUT2D eigenvalue weighted by Gasteiger charge is -2.23. The minimum Gasteiger partial charge on any atom is -0.497 e. The van der Waals surface area contributed by atoms with Crippen LogP contribution < -0.4 is 14.2 Å². The number of ether oxygens (including phenoxy) is 2. The molecule has 1 atom stereocenters. The van der Waals surface area contributed by atoms with Crippen molar-refractivity contribution in [1.29, 1.82) is 5.26 Å². The third kappa shape index (κ3) is 5.23. The van der Waals surface area contributed by atoms with Crippen molar-refractivity contribution < 1.29 is 22.7 Å². The van der Waals surface area contributed by atoms with E-state index in [-0.39, 0.29) is 22.9 Å². The summed E-state index contributed by atoms with van der Waals surface area (Å²) in [5.74, 6) is 1.08. The second kappa shape index (κ2) is 10.1. The summed E-state index contributed by atoms with van der Waals surface area (Å²) >= 11 is 0. The van der Waals surface area contributed by atoms with Crippen LogP contribution in [0.1, 0.15) is 30.0 Å². The van der Waals surface area contributed by atoms with Gasteiger partial charge >= 0.3 is 0 Å². The molecule has 35 heavy (non-hydrogen) atoms. The van der Waals surface area contributed by atoms with Crippen LogP contribution in [0.15, 0.2) is 71.6 Å². The first-order valence-electron chi connectivity index (χ1n) is 11.1. The van der Waals surface area contributed by atoms with E-state index in [4.69, 9.17) is 9.47 Å². The summed E-state index contributed by atoms with van der Waals surface area (Å²) in [4.78, 5) is 14.8. The van der Waals surface area contributed by atoms with Crippen LogP contribution in [-0.2, 0) is 27.9 Å². The van der Waals surface area contributed by atoms with Crippen molar-refractivity contribution >= 4 is 21.6 Å². The van der Waals surface area contributed by atoms with Gasteiger partial charge in [-0.25, -0.2) is 8.42 Å². The molecule has 1 heterocycles. The van der Waals surface area contributed by atoms with Crippen molar-refractivity contribution in [2.45, 2.75) is 37.4 Å². The normalized spacial score (nSPS) is 15.4. The fourth-order valence-electron chi connectivity index (χ4n) is 3.96. The quantitative estimate of drug-likeness (QED) is 0.534. The van der Waals surface area contributed by atoms with E-state index in [9.17, 15) is 18.5 Å². The van der Waals surface area contributed by atoms with E-state index in [1.54, 1.807) is 42.3 Å². The van der Waals surface area contributed by atoms with Crippen LogP contribution in [0.4, 0.5) is 5.69 Å². The summed E-state index contributed by atoms with van der Waals surface area (Å²) < 4.78 is 39.8. The highest BCUT2D eigenvalue weighted by Crippen LogP contribution is 2.31. The standard InChI is InChI=1S/C26H25N3O5S/c1-3-23-26(30)29(16-18-7-6-9-22(13-18)33-2)17-20-14-21(11-12-24(20)34-23)28-35(31,32)25-10-5-4-8-19(25)15-27/h4-14,23,28H,3,16-17H2,1-2H3. The fraction of sp³-hybridized carbons (Fsp3) is 0.231. The number of nitriles is 1. The summed E-state index contributed by atoms with van der Waals surface area (Å²) in [5, 5.41) is 9.29. The first kappa shape index (κ1) is 24.1. The number of carbonyl (C=O) groups is 1. The van der Waals surface area contributed by atoms with E-state index >= 15 is 0 Å². The molecule has 3 aromatic rings. The molecule has 0 aliphatic carbocycles. The molecular formula is C26H25N3O5S. The van der Waals surface area contributed by atoms with Crippen LogP contribution in [0.5, 0.6) is 11.5 Å². The largest absolute Gasteiger partial charge is 0.497 e. The highest BCUT2D eigenvalue weighted by molar-refractivity contribution is 7.92. The summed E-state index contributed by atoms with van der Waals surface area (Å²) in [7, 11) is -2.41. The van der Waals surface area contributed by atoms with E-state index in [0.29, 0.717) is 35.7 Å². The number of amides is 1. The molecule has 0 aromatic heterocycles. The summed E-state index contributed by atoms with van der Waals surface area (Å²) in [6, 6.07) is 20.3. The number of nitrogens with zero attached hydrogens (tertiary/aromatic N) is 2. The zero-order valence-corrected chi connectivity index (χ0v) is 20.2. The Morgan fingerprint density at radius 1 is 1.14 bits per heavy atom. The van der Waals surface area contributed by atoms with Crippen LogP contribution >= 0.6 is 0 Å². The Morgan fingerprint density at radius 2 is 1.94 bits per heavy atom. The summed E-state index contributed by atoms with van der Waals surface area (Å²) in [5.41, 5.74) is 1.94.